The van der Waals surface area contributed by atoms with Crippen LogP contribution in [0.15, 0.2) is 42.0 Å². The molecule has 0 saturated carbocycles. The molecule has 0 bridgehead atoms. The molecule has 0 atom stereocenters. The van der Waals surface area contributed by atoms with Gasteiger partial charge in [-0.25, -0.2) is 0 Å². The van der Waals surface area contributed by atoms with Gasteiger partial charge in [-0.1, -0.05) is 48.0 Å². The van der Waals surface area contributed by atoms with Gasteiger partial charge in [0.25, 0.3) is 0 Å². The zero-order valence-corrected chi connectivity index (χ0v) is 9.82. The molecule has 0 fully saturated rings. The second kappa shape index (κ2) is 4.34. The molecule has 2 aromatic carbocycles. The molecule has 1 aliphatic carbocycles. The second-order valence-electron chi connectivity index (χ2n) is 4.63. The Balaban J connectivity index is 2.14. The maximum Gasteiger partial charge on any atom is 0.0468 e. The Hall–Kier alpha value is -1.60. The molecule has 0 amide bonds. The molecule has 86 valence electrons. The van der Waals surface area contributed by atoms with Crippen LogP contribution in [-0.2, 0) is 6.42 Å². The molecule has 17 heavy (non-hydrogen) atoms. The summed E-state index contributed by atoms with van der Waals surface area (Å²) in [7, 11) is 0. The van der Waals surface area contributed by atoms with Gasteiger partial charge in [0.05, 0.1) is 0 Å². The van der Waals surface area contributed by atoms with Crippen LogP contribution in [-0.4, -0.2) is 11.7 Å². The van der Waals surface area contributed by atoms with Crippen LogP contribution in [0.5, 0.6) is 0 Å². The number of aliphatic hydroxyl groups is 1. The number of rotatable bonds is 2. The first-order valence-electron chi connectivity index (χ1n) is 6.19. The van der Waals surface area contributed by atoms with Crippen LogP contribution in [0.2, 0.25) is 0 Å². The average molecular weight is 224 g/mol. The summed E-state index contributed by atoms with van der Waals surface area (Å²) in [6, 6.07) is 13.0. The summed E-state index contributed by atoms with van der Waals surface area (Å²) in [5, 5.41) is 11.7. The number of aryl methyl sites for hydroxylation is 1. The lowest BCUT2D eigenvalue weighted by molar-refractivity contribution is 0.298. The summed E-state index contributed by atoms with van der Waals surface area (Å²) < 4.78 is 0. The fraction of sp³-hybridized carbons (Fsp3) is 0.250. The van der Waals surface area contributed by atoms with Crippen LogP contribution in [0.25, 0.3) is 16.8 Å². The van der Waals surface area contributed by atoms with E-state index < -0.39 is 0 Å². The molecule has 0 radical (unpaired) electrons. The van der Waals surface area contributed by atoms with Crippen molar-refractivity contribution in [3.05, 3.63) is 53.1 Å². The van der Waals surface area contributed by atoms with Crippen LogP contribution in [0.1, 0.15) is 24.0 Å². The van der Waals surface area contributed by atoms with Crippen molar-refractivity contribution < 1.29 is 5.11 Å². The zero-order chi connectivity index (χ0) is 11.7. The van der Waals surface area contributed by atoms with E-state index in [0.29, 0.717) is 0 Å². The molecule has 0 unspecified atom stereocenters. The molecule has 0 spiro atoms. The van der Waals surface area contributed by atoms with Crippen molar-refractivity contribution in [1.29, 1.82) is 0 Å². The maximum absolute atomic E-state index is 9.00. The van der Waals surface area contributed by atoms with Gasteiger partial charge in [-0.2, -0.15) is 0 Å². The van der Waals surface area contributed by atoms with Crippen LogP contribution < -0.4 is 0 Å². The van der Waals surface area contributed by atoms with Gasteiger partial charge < -0.3 is 5.11 Å². The molecule has 0 aromatic heterocycles. The van der Waals surface area contributed by atoms with E-state index >= 15 is 0 Å². The van der Waals surface area contributed by atoms with E-state index in [1.54, 1.807) is 0 Å². The van der Waals surface area contributed by atoms with Crippen molar-refractivity contribution in [2.24, 2.45) is 0 Å². The van der Waals surface area contributed by atoms with Crippen molar-refractivity contribution in [1.82, 2.24) is 0 Å². The number of hydrogen-bond donors (Lipinski definition) is 1. The Kier molecular flexibility index (Phi) is 2.69. The van der Waals surface area contributed by atoms with E-state index in [1.807, 2.05) is 0 Å². The summed E-state index contributed by atoms with van der Waals surface area (Å²) in [6.45, 7) is 0.259. The quantitative estimate of drug-likeness (QED) is 0.827. The molecule has 1 heteroatoms. The Morgan fingerprint density at radius 3 is 2.76 bits per heavy atom. The van der Waals surface area contributed by atoms with E-state index in [9.17, 15) is 0 Å². The minimum atomic E-state index is 0.259. The van der Waals surface area contributed by atoms with E-state index in [-0.39, 0.29) is 6.61 Å². The SMILES string of the molecule is OCCC1=Cc2ccc3ccccc3c2CC1. The predicted molar refractivity (Wildman–Crippen MR) is 71.9 cm³/mol. The highest BCUT2D eigenvalue weighted by atomic mass is 16.2. The van der Waals surface area contributed by atoms with Crippen molar-refractivity contribution >= 4 is 16.8 Å². The molecular weight excluding hydrogens is 208 g/mol. The fourth-order valence-corrected chi connectivity index (χ4v) is 2.69. The van der Waals surface area contributed by atoms with Crippen molar-refractivity contribution in [3.8, 4) is 0 Å². The van der Waals surface area contributed by atoms with Crippen LogP contribution in [0.4, 0.5) is 0 Å². The van der Waals surface area contributed by atoms with Gasteiger partial charge in [-0.3, -0.25) is 0 Å². The third kappa shape index (κ3) is 1.87. The Labute approximate surface area is 101 Å². The monoisotopic (exact) mass is 224 g/mol. The first-order chi connectivity index (χ1) is 8.38. The molecule has 3 rings (SSSR count). The van der Waals surface area contributed by atoms with Gasteiger partial charge in [0.1, 0.15) is 0 Å². The van der Waals surface area contributed by atoms with Crippen molar-refractivity contribution in [3.63, 3.8) is 0 Å². The lowest BCUT2D eigenvalue weighted by Crippen LogP contribution is -2.01. The first kappa shape index (κ1) is 10.5. The van der Waals surface area contributed by atoms with Gasteiger partial charge in [-0.15, -0.1) is 0 Å². The van der Waals surface area contributed by atoms with Gasteiger partial charge in [0, 0.05) is 6.61 Å². The largest absolute Gasteiger partial charge is 0.396 e. The Morgan fingerprint density at radius 1 is 1.00 bits per heavy atom. The first-order valence-corrected chi connectivity index (χ1v) is 6.19. The van der Waals surface area contributed by atoms with E-state index in [0.717, 1.165) is 19.3 Å². The summed E-state index contributed by atoms with van der Waals surface area (Å²) in [5.41, 5.74) is 4.17. The molecule has 1 N–H and O–H groups in total. The average Bonchev–Trinajstić information content (AvgIpc) is 2.39. The predicted octanol–water partition coefficient (Wildman–Crippen LogP) is 3.55. The molecule has 1 aliphatic rings. The smallest absolute Gasteiger partial charge is 0.0468 e. The van der Waals surface area contributed by atoms with E-state index in [2.05, 4.69) is 42.5 Å². The topological polar surface area (TPSA) is 20.2 Å². The van der Waals surface area contributed by atoms with Gasteiger partial charge >= 0.3 is 0 Å². The summed E-state index contributed by atoms with van der Waals surface area (Å²) in [6.07, 6.45) is 5.25. The molecular formula is C16H16O. The highest BCUT2D eigenvalue weighted by Crippen LogP contribution is 2.31. The maximum atomic E-state index is 9.00. The van der Waals surface area contributed by atoms with E-state index in [1.165, 1.54) is 27.5 Å². The Morgan fingerprint density at radius 2 is 1.88 bits per heavy atom. The highest BCUT2D eigenvalue weighted by Gasteiger charge is 2.12. The molecule has 0 aliphatic heterocycles. The number of fused-ring (bicyclic) bond motifs is 3. The standard InChI is InChI=1S/C16H16O/c17-10-9-12-5-8-16-14(11-12)7-6-13-3-1-2-4-15(13)16/h1-4,6-7,11,17H,5,8-10H2. The van der Waals surface area contributed by atoms with Crippen molar-refractivity contribution in [2.45, 2.75) is 19.3 Å². The molecule has 0 saturated heterocycles. The number of benzene rings is 2. The lowest BCUT2D eigenvalue weighted by atomic mass is 9.87. The van der Waals surface area contributed by atoms with Gasteiger partial charge in [0.15, 0.2) is 0 Å². The normalized spacial score (nSPS) is 14.5. The zero-order valence-electron chi connectivity index (χ0n) is 9.82. The molecule has 1 nitrogen and oxygen atoms in total. The molecule has 2 aromatic rings. The van der Waals surface area contributed by atoms with Crippen LogP contribution >= 0.6 is 0 Å². The third-order valence-corrected chi connectivity index (χ3v) is 3.57. The minimum absolute atomic E-state index is 0.259. The van der Waals surface area contributed by atoms with Crippen molar-refractivity contribution in [2.75, 3.05) is 6.61 Å². The highest BCUT2D eigenvalue weighted by molar-refractivity contribution is 5.89. The summed E-state index contributed by atoms with van der Waals surface area (Å²) >= 11 is 0. The number of hydrogen-bond acceptors (Lipinski definition) is 1. The minimum Gasteiger partial charge on any atom is -0.396 e. The van der Waals surface area contributed by atoms with Gasteiger partial charge in [-0.05, 0) is 41.2 Å². The fourth-order valence-electron chi connectivity index (χ4n) is 2.69. The summed E-state index contributed by atoms with van der Waals surface area (Å²) in [5.74, 6) is 0. The van der Waals surface area contributed by atoms with E-state index in [4.69, 9.17) is 5.11 Å². The second-order valence-corrected chi connectivity index (χ2v) is 4.63. The third-order valence-electron chi connectivity index (χ3n) is 3.57. The summed E-state index contributed by atoms with van der Waals surface area (Å²) in [4.78, 5) is 0. The Bertz CT molecular complexity index is 581. The number of aliphatic hydroxyl groups excluding tert-OH is 1. The van der Waals surface area contributed by atoms with Crippen LogP contribution in [0, 0.1) is 0 Å². The van der Waals surface area contributed by atoms with Crippen LogP contribution in [0.3, 0.4) is 0 Å². The van der Waals surface area contributed by atoms with Gasteiger partial charge in [0.2, 0.25) is 0 Å². The lowest BCUT2D eigenvalue weighted by Gasteiger charge is -2.18. The molecule has 0 heterocycles.